The average Bonchev–Trinajstić information content (AvgIpc) is 3.25. The number of benzene rings is 1. The molecular weight excluding hydrogens is 411 g/mol. The van der Waals surface area contributed by atoms with Gasteiger partial charge in [0, 0.05) is 24.2 Å². The van der Waals surface area contributed by atoms with Gasteiger partial charge < -0.3 is 15.8 Å². The Balaban J connectivity index is 0.000000339. The highest BCUT2D eigenvalue weighted by molar-refractivity contribution is 5.73. The molecule has 4 aromatic rings. The molecule has 0 aliphatic heterocycles. The minimum atomic E-state index is -5.08. The topological polar surface area (TPSA) is 118 Å². The number of carbonyl (C=O) groups is 1. The zero-order chi connectivity index (χ0) is 22.4. The number of halogens is 3. The number of carboxylic acids is 1. The van der Waals surface area contributed by atoms with Crippen LogP contribution in [0.1, 0.15) is 0 Å². The van der Waals surface area contributed by atoms with Crippen molar-refractivity contribution in [1.82, 2.24) is 19.9 Å². The van der Waals surface area contributed by atoms with E-state index < -0.39 is 12.1 Å². The number of nitrogens with zero attached hydrogens (tertiary/aromatic N) is 3. The maximum Gasteiger partial charge on any atom is 0.490 e. The average molecular weight is 427 g/mol. The molecule has 3 heterocycles. The number of anilines is 1. The summed E-state index contributed by atoms with van der Waals surface area (Å²) < 4.78 is 31.7. The zero-order valence-electron chi connectivity index (χ0n) is 15.8. The van der Waals surface area contributed by atoms with Gasteiger partial charge in [-0.1, -0.05) is 30.3 Å². The highest BCUT2D eigenvalue weighted by Crippen LogP contribution is 2.25. The Labute approximate surface area is 174 Å². The van der Waals surface area contributed by atoms with Crippen LogP contribution < -0.4 is 5.73 Å². The molecule has 0 spiro atoms. The second-order valence-electron chi connectivity index (χ2n) is 6.25. The minimum Gasteiger partial charge on any atom is -0.475 e. The van der Waals surface area contributed by atoms with E-state index in [0.29, 0.717) is 5.69 Å². The fourth-order valence-corrected chi connectivity index (χ4v) is 2.57. The molecule has 0 atom stereocenters. The van der Waals surface area contributed by atoms with Crippen molar-refractivity contribution in [3.8, 4) is 33.9 Å². The number of imidazole rings is 1. The third kappa shape index (κ3) is 5.66. The molecule has 0 bridgehead atoms. The van der Waals surface area contributed by atoms with Gasteiger partial charge in [-0.3, -0.25) is 9.97 Å². The van der Waals surface area contributed by atoms with Gasteiger partial charge in [-0.25, -0.2) is 9.78 Å². The molecule has 1 aromatic carbocycles. The number of nitrogens with one attached hydrogen (secondary N) is 1. The van der Waals surface area contributed by atoms with E-state index in [4.69, 9.17) is 15.6 Å². The molecule has 0 aliphatic rings. The molecule has 0 aliphatic carbocycles. The van der Waals surface area contributed by atoms with Crippen LogP contribution in [-0.4, -0.2) is 37.2 Å². The van der Waals surface area contributed by atoms with Crippen LogP contribution in [0, 0.1) is 0 Å². The van der Waals surface area contributed by atoms with Crippen LogP contribution in [0.15, 0.2) is 73.3 Å². The Bertz CT molecular complexity index is 1180. The summed E-state index contributed by atoms with van der Waals surface area (Å²) in [5.74, 6) is -2.03. The van der Waals surface area contributed by atoms with Gasteiger partial charge in [0.25, 0.3) is 0 Å². The van der Waals surface area contributed by atoms with Crippen molar-refractivity contribution in [3.63, 3.8) is 0 Å². The number of hydrogen-bond donors (Lipinski definition) is 3. The Kier molecular flexibility index (Phi) is 6.29. The van der Waals surface area contributed by atoms with E-state index in [2.05, 4.69) is 19.9 Å². The number of aromatic amines is 1. The molecule has 0 unspecified atom stereocenters. The van der Waals surface area contributed by atoms with Crippen molar-refractivity contribution >= 4 is 11.7 Å². The van der Waals surface area contributed by atoms with Crippen molar-refractivity contribution < 1.29 is 23.1 Å². The van der Waals surface area contributed by atoms with Crippen LogP contribution in [0.3, 0.4) is 0 Å². The second kappa shape index (κ2) is 9.08. The third-order valence-corrected chi connectivity index (χ3v) is 4.00. The van der Waals surface area contributed by atoms with Crippen LogP contribution in [0.2, 0.25) is 0 Å². The van der Waals surface area contributed by atoms with Gasteiger partial charge in [-0.05, 0) is 29.3 Å². The van der Waals surface area contributed by atoms with Gasteiger partial charge >= 0.3 is 12.1 Å². The number of pyridine rings is 2. The predicted octanol–water partition coefficient (Wildman–Crippen LogP) is 4.42. The maximum atomic E-state index is 10.6. The first-order valence-electron chi connectivity index (χ1n) is 8.82. The van der Waals surface area contributed by atoms with E-state index >= 15 is 0 Å². The van der Waals surface area contributed by atoms with Gasteiger partial charge in [0.2, 0.25) is 0 Å². The number of carboxylic acid groups (broad SMARTS) is 1. The minimum absolute atomic E-state index is 0.634. The summed E-state index contributed by atoms with van der Waals surface area (Å²) >= 11 is 0. The largest absolute Gasteiger partial charge is 0.490 e. The number of aromatic nitrogens is 4. The summed E-state index contributed by atoms with van der Waals surface area (Å²) in [4.78, 5) is 25.2. The standard InChI is InChI=1S/C19H15N5.C2HF3O2/c20-16-8-15(10-21-11-16)14-6-7-22-17(9-14)19-23-12-18(24-19)13-4-2-1-3-5-13;3-2(4,5)1(6)7/h1-12H,20H2,(H,23,24);(H,6,7). The first-order valence-corrected chi connectivity index (χ1v) is 8.82. The smallest absolute Gasteiger partial charge is 0.475 e. The molecule has 0 radical (unpaired) electrons. The fraction of sp³-hybridized carbons (Fsp3) is 0.0476. The first kappa shape index (κ1) is 21.5. The Hall–Kier alpha value is -4.21. The summed E-state index contributed by atoms with van der Waals surface area (Å²) in [7, 11) is 0. The number of aliphatic carboxylic acids is 1. The molecule has 7 nitrogen and oxygen atoms in total. The molecule has 0 saturated heterocycles. The second-order valence-corrected chi connectivity index (χ2v) is 6.25. The van der Waals surface area contributed by atoms with Crippen LogP contribution in [0.25, 0.3) is 33.9 Å². The fourth-order valence-electron chi connectivity index (χ4n) is 2.57. The Morgan fingerprint density at radius 2 is 1.65 bits per heavy atom. The lowest BCUT2D eigenvalue weighted by atomic mass is 10.1. The van der Waals surface area contributed by atoms with Gasteiger partial charge in [0.05, 0.1) is 17.6 Å². The molecule has 4 rings (SSSR count). The molecule has 158 valence electrons. The molecular formula is C21H16F3N5O2. The number of rotatable bonds is 3. The lowest BCUT2D eigenvalue weighted by molar-refractivity contribution is -0.192. The van der Waals surface area contributed by atoms with E-state index in [-0.39, 0.29) is 0 Å². The third-order valence-electron chi connectivity index (χ3n) is 4.00. The summed E-state index contributed by atoms with van der Waals surface area (Å²) in [6.07, 6.45) is 1.91. The van der Waals surface area contributed by atoms with E-state index in [1.165, 1.54) is 0 Å². The lowest BCUT2D eigenvalue weighted by Crippen LogP contribution is -2.21. The van der Waals surface area contributed by atoms with Crippen LogP contribution in [-0.2, 0) is 4.79 Å². The van der Waals surface area contributed by atoms with E-state index in [0.717, 1.165) is 33.9 Å². The summed E-state index contributed by atoms with van der Waals surface area (Å²) in [6.45, 7) is 0. The van der Waals surface area contributed by atoms with Gasteiger partial charge in [-0.2, -0.15) is 13.2 Å². The number of nitrogen functional groups attached to an aromatic ring is 1. The molecule has 3 aromatic heterocycles. The summed E-state index contributed by atoms with van der Waals surface area (Å²) in [5.41, 5.74) is 11.2. The zero-order valence-corrected chi connectivity index (χ0v) is 15.8. The molecule has 10 heteroatoms. The summed E-state index contributed by atoms with van der Waals surface area (Å²) in [6, 6.07) is 15.9. The van der Waals surface area contributed by atoms with Gasteiger partial charge in [-0.15, -0.1) is 0 Å². The number of hydrogen-bond acceptors (Lipinski definition) is 5. The first-order chi connectivity index (χ1) is 14.7. The molecule has 31 heavy (non-hydrogen) atoms. The SMILES string of the molecule is Nc1cncc(-c2ccnc(-c3ncc(-c4ccccc4)[nH]3)c2)c1.O=C(O)C(F)(F)F. The number of alkyl halides is 3. The van der Waals surface area contributed by atoms with E-state index in [9.17, 15) is 13.2 Å². The maximum absolute atomic E-state index is 10.6. The van der Waals surface area contributed by atoms with Gasteiger partial charge in [0.1, 0.15) is 5.69 Å². The van der Waals surface area contributed by atoms with Crippen molar-refractivity contribution in [3.05, 3.63) is 73.3 Å². The highest BCUT2D eigenvalue weighted by atomic mass is 19.4. The van der Waals surface area contributed by atoms with E-state index in [1.807, 2.05) is 54.7 Å². The van der Waals surface area contributed by atoms with Crippen molar-refractivity contribution in [2.75, 3.05) is 5.73 Å². The number of H-pyrrole nitrogens is 1. The van der Waals surface area contributed by atoms with Crippen molar-refractivity contribution in [1.29, 1.82) is 0 Å². The Morgan fingerprint density at radius 1 is 0.935 bits per heavy atom. The predicted molar refractivity (Wildman–Crippen MR) is 109 cm³/mol. The van der Waals surface area contributed by atoms with Crippen molar-refractivity contribution in [2.45, 2.75) is 6.18 Å². The lowest BCUT2D eigenvalue weighted by Gasteiger charge is -2.04. The quantitative estimate of drug-likeness (QED) is 0.446. The molecule has 0 amide bonds. The van der Waals surface area contributed by atoms with Crippen LogP contribution in [0.5, 0.6) is 0 Å². The van der Waals surface area contributed by atoms with Gasteiger partial charge in [0.15, 0.2) is 5.82 Å². The number of nitrogens with two attached hydrogens (primary N) is 1. The van der Waals surface area contributed by atoms with Crippen molar-refractivity contribution in [2.24, 2.45) is 0 Å². The molecule has 4 N–H and O–H groups in total. The highest BCUT2D eigenvalue weighted by Gasteiger charge is 2.38. The van der Waals surface area contributed by atoms with E-state index in [1.54, 1.807) is 18.6 Å². The van der Waals surface area contributed by atoms with Crippen LogP contribution in [0.4, 0.5) is 18.9 Å². The Morgan fingerprint density at radius 3 is 2.29 bits per heavy atom. The monoisotopic (exact) mass is 427 g/mol. The normalized spacial score (nSPS) is 10.8. The summed E-state index contributed by atoms with van der Waals surface area (Å²) in [5, 5.41) is 7.12. The van der Waals surface area contributed by atoms with Crippen LogP contribution >= 0.6 is 0 Å². The molecule has 0 saturated carbocycles. The molecule has 0 fully saturated rings.